The predicted octanol–water partition coefficient (Wildman–Crippen LogP) is 2.78. The highest BCUT2D eigenvalue weighted by atomic mass is 16.5. The molecule has 2 aromatic carbocycles. The first-order valence-electron chi connectivity index (χ1n) is 9.56. The van der Waals surface area contributed by atoms with Crippen LogP contribution >= 0.6 is 0 Å². The standard InChI is InChI=1S/C21H23N3O7/c1-3-31-17-9-12(7-8-16(17)30-2)15(10-18(25)23-29)24-11-13-5-4-6-14(22-21(27)28)19(13)20(24)26/h4-9,15,22,29H,3,10-11H2,1-2H3,(H,23,25)(H,27,28)/t15-/m1/s1. The van der Waals surface area contributed by atoms with Crippen LogP contribution in [0.4, 0.5) is 10.5 Å². The maximum absolute atomic E-state index is 13.3. The van der Waals surface area contributed by atoms with E-state index >= 15 is 0 Å². The van der Waals surface area contributed by atoms with Crippen molar-refractivity contribution in [1.29, 1.82) is 0 Å². The second-order valence-electron chi connectivity index (χ2n) is 6.80. The number of hydrogen-bond donors (Lipinski definition) is 4. The molecule has 1 atom stereocenters. The molecule has 0 spiro atoms. The maximum Gasteiger partial charge on any atom is 0.409 e. The first-order chi connectivity index (χ1) is 14.9. The van der Waals surface area contributed by atoms with E-state index < -0.39 is 23.9 Å². The van der Waals surface area contributed by atoms with E-state index in [1.807, 2.05) is 6.92 Å². The summed E-state index contributed by atoms with van der Waals surface area (Å²) in [6, 6.07) is 9.21. The Labute approximate surface area is 178 Å². The van der Waals surface area contributed by atoms with Gasteiger partial charge in [0, 0.05) is 6.54 Å². The van der Waals surface area contributed by atoms with E-state index in [-0.39, 0.29) is 24.2 Å². The molecule has 10 nitrogen and oxygen atoms in total. The summed E-state index contributed by atoms with van der Waals surface area (Å²) in [7, 11) is 1.51. The average molecular weight is 429 g/mol. The number of amides is 3. The van der Waals surface area contributed by atoms with Gasteiger partial charge in [-0.05, 0) is 36.2 Å². The molecule has 0 bridgehead atoms. The van der Waals surface area contributed by atoms with Crippen molar-refractivity contribution in [2.45, 2.75) is 25.9 Å². The minimum Gasteiger partial charge on any atom is -0.493 e. The van der Waals surface area contributed by atoms with Crippen LogP contribution in [-0.4, -0.2) is 46.8 Å². The summed E-state index contributed by atoms with van der Waals surface area (Å²) < 4.78 is 10.9. The molecule has 2 aromatic rings. The summed E-state index contributed by atoms with van der Waals surface area (Å²) >= 11 is 0. The third kappa shape index (κ3) is 4.53. The van der Waals surface area contributed by atoms with Crippen molar-refractivity contribution >= 4 is 23.6 Å². The molecule has 31 heavy (non-hydrogen) atoms. The van der Waals surface area contributed by atoms with Gasteiger partial charge in [0.1, 0.15) is 0 Å². The van der Waals surface area contributed by atoms with E-state index in [4.69, 9.17) is 19.8 Å². The van der Waals surface area contributed by atoms with Crippen LogP contribution in [-0.2, 0) is 11.3 Å². The van der Waals surface area contributed by atoms with Crippen molar-refractivity contribution in [2.24, 2.45) is 0 Å². The lowest BCUT2D eigenvalue weighted by Gasteiger charge is -2.28. The zero-order chi connectivity index (χ0) is 22.5. The van der Waals surface area contributed by atoms with Gasteiger partial charge in [0.25, 0.3) is 5.91 Å². The molecule has 0 unspecified atom stereocenters. The number of nitrogens with zero attached hydrogens (tertiary/aromatic N) is 1. The molecule has 0 saturated heterocycles. The molecular weight excluding hydrogens is 406 g/mol. The van der Waals surface area contributed by atoms with Gasteiger partial charge in [0.15, 0.2) is 11.5 Å². The zero-order valence-electron chi connectivity index (χ0n) is 17.0. The highest BCUT2D eigenvalue weighted by Crippen LogP contribution is 2.39. The Morgan fingerprint density at radius 2 is 2.00 bits per heavy atom. The van der Waals surface area contributed by atoms with E-state index in [0.717, 1.165) is 0 Å². The van der Waals surface area contributed by atoms with Gasteiger partial charge in [-0.15, -0.1) is 0 Å². The Morgan fingerprint density at radius 3 is 2.65 bits per heavy atom. The number of methoxy groups -OCH3 is 1. The lowest BCUT2D eigenvalue weighted by molar-refractivity contribution is -0.130. The van der Waals surface area contributed by atoms with Gasteiger partial charge in [-0.2, -0.15) is 0 Å². The SMILES string of the molecule is CCOc1cc([C@@H](CC(=O)NO)N2Cc3cccc(NC(=O)O)c3C2=O)ccc1OC. The molecule has 3 amide bonds. The van der Waals surface area contributed by atoms with Crippen LogP contribution in [0.5, 0.6) is 11.5 Å². The van der Waals surface area contributed by atoms with Crippen LogP contribution < -0.4 is 20.3 Å². The lowest BCUT2D eigenvalue weighted by Crippen LogP contribution is -2.33. The maximum atomic E-state index is 13.3. The molecule has 0 aromatic heterocycles. The van der Waals surface area contributed by atoms with E-state index in [1.54, 1.807) is 35.8 Å². The monoisotopic (exact) mass is 429 g/mol. The van der Waals surface area contributed by atoms with E-state index in [2.05, 4.69) is 5.32 Å². The molecule has 10 heteroatoms. The number of carboxylic acid groups (broad SMARTS) is 1. The van der Waals surface area contributed by atoms with Crippen molar-refractivity contribution in [1.82, 2.24) is 10.4 Å². The molecule has 0 radical (unpaired) electrons. The quantitative estimate of drug-likeness (QED) is 0.374. The third-order valence-corrected chi connectivity index (χ3v) is 4.96. The molecule has 1 heterocycles. The van der Waals surface area contributed by atoms with Crippen molar-refractivity contribution in [3.8, 4) is 11.5 Å². The molecule has 3 rings (SSSR count). The normalized spacial score (nSPS) is 13.4. The van der Waals surface area contributed by atoms with Crippen LogP contribution in [0.1, 0.15) is 40.9 Å². The average Bonchev–Trinajstić information content (AvgIpc) is 3.09. The van der Waals surface area contributed by atoms with Gasteiger partial charge < -0.3 is 19.5 Å². The predicted molar refractivity (Wildman–Crippen MR) is 109 cm³/mol. The largest absolute Gasteiger partial charge is 0.493 e. The Hall–Kier alpha value is -3.79. The number of carbonyl (C=O) groups is 3. The Morgan fingerprint density at radius 1 is 1.23 bits per heavy atom. The number of ether oxygens (including phenoxy) is 2. The number of hydrogen-bond acceptors (Lipinski definition) is 6. The van der Waals surface area contributed by atoms with E-state index in [1.165, 1.54) is 18.1 Å². The molecule has 0 aliphatic carbocycles. The third-order valence-electron chi connectivity index (χ3n) is 4.96. The summed E-state index contributed by atoms with van der Waals surface area (Å²) in [5.41, 5.74) is 3.24. The van der Waals surface area contributed by atoms with Gasteiger partial charge >= 0.3 is 6.09 Å². The topological polar surface area (TPSA) is 137 Å². The molecule has 4 N–H and O–H groups in total. The fraction of sp³-hybridized carbons (Fsp3) is 0.286. The van der Waals surface area contributed by atoms with Crippen LogP contribution in [0.15, 0.2) is 36.4 Å². The van der Waals surface area contributed by atoms with Crippen LogP contribution in [0.2, 0.25) is 0 Å². The lowest BCUT2D eigenvalue weighted by atomic mass is 10.0. The van der Waals surface area contributed by atoms with Crippen molar-refractivity contribution in [3.05, 3.63) is 53.1 Å². The minimum atomic E-state index is -1.28. The number of nitrogens with one attached hydrogen (secondary N) is 2. The molecular formula is C21H23N3O7. The van der Waals surface area contributed by atoms with Gasteiger partial charge in [-0.25, -0.2) is 10.3 Å². The van der Waals surface area contributed by atoms with Crippen molar-refractivity contribution in [3.63, 3.8) is 0 Å². The second-order valence-corrected chi connectivity index (χ2v) is 6.80. The van der Waals surface area contributed by atoms with Crippen LogP contribution in [0.3, 0.4) is 0 Å². The van der Waals surface area contributed by atoms with E-state index in [9.17, 15) is 14.4 Å². The fourth-order valence-electron chi connectivity index (χ4n) is 3.65. The van der Waals surface area contributed by atoms with E-state index in [0.29, 0.717) is 29.2 Å². The number of benzene rings is 2. The summed E-state index contributed by atoms with van der Waals surface area (Å²) in [5, 5.41) is 20.4. The smallest absolute Gasteiger partial charge is 0.409 e. The molecule has 0 saturated carbocycles. The summed E-state index contributed by atoms with van der Waals surface area (Å²) in [5.74, 6) is -0.149. The second kappa shape index (κ2) is 9.35. The number of carbonyl (C=O) groups excluding carboxylic acids is 2. The molecule has 0 fully saturated rings. The Kier molecular flexibility index (Phi) is 6.61. The zero-order valence-corrected chi connectivity index (χ0v) is 17.0. The fourth-order valence-corrected chi connectivity index (χ4v) is 3.65. The number of fused-ring (bicyclic) bond motifs is 1. The number of hydroxylamine groups is 1. The molecule has 1 aliphatic heterocycles. The Balaban J connectivity index is 2.02. The van der Waals surface area contributed by atoms with Gasteiger partial charge in [-0.1, -0.05) is 18.2 Å². The highest BCUT2D eigenvalue weighted by molar-refractivity contribution is 6.06. The molecule has 1 aliphatic rings. The van der Waals surface area contributed by atoms with Crippen LogP contribution in [0, 0.1) is 0 Å². The summed E-state index contributed by atoms with van der Waals surface area (Å²) in [6.07, 6.45) is -1.50. The van der Waals surface area contributed by atoms with Crippen LogP contribution in [0.25, 0.3) is 0 Å². The summed E-state index contributed by atoms with van der Waals surface area (Å²) in [6.45, 7) is 2.38. The molecule has 164 valence electrons. The first kappa shape index (κ1) is 21.9. The highest BCUT2D eigenvalue weighted by Gasteiger charge is 2.36. The minimum absolute atomic E-state index is 0.169. The summed E-state index contributed by atoms with van der Waals surface area (Å²) in [4.78, 5) is 37.9. The van der Waals surface area contributed by atoms with Gasteiger partial charge in [0.05, 0.1) is 37.4 Å². The van der Waals surface area contributed by atoms with Crippen molar-refractivity contribution < 1.29 is 34.2 Å². The first-order valence-corrected chi connectivity index (χ1v) is 9.56. The van der Waals surface area contributed by atoms with Gasteiger partial charge in [-0.3, -0.25) is 20.1 Å². The van der Waals surface area contributed by atoms with Gasteiger partial charge in [0.2, 0.25) is 5.91 Å². The number of anilines is 1. The number of rotatable bonds is 8. The van der Waals surface area contributed by atoms with Crippen molar-refractivity contribution in [2.75, 3.05) is 19.0 Å². The Bertz CT molecular complexity index is 1010.